The molecule has 16 heavy (non-hydrogen) atoms. The molecule has 1 heterocycles. The summed E-state index contributed by atoms with van der Waals surface area (Å²) in [6.45, 7) is 7.07. The van der Waals surface area contributed by atoms with Crippen LogP contribution in [-0.4, -0.2) is 11.7 Å². The van der Waals surface area contributed by atoms with Crippen LogP contribution < -0.4 is 4.74 Å². The molecule has 1 aromatic rings. The van der Waals surface area contributed by atoms with E-state index in [1.54, 1.807) is 0 Å². The minimum atomic E-state index is -0.365. The van der Waals surface area contributed by atoms with Crippen molar-refractivity contribution in [1.82, 2.24) is 0 Å². The second kappa shape index (κ2) is 4.46. The molecule has 1 aliphatic heterocycles. The standard InChI is InChI=1S/C14H20O2/c1-9(2)11-7-6-10(3)13-12(15)5-4-8-16-14(11)13/h6-7,9,12,15H,4-5,8H2,1-3H3/t12-/m1/s1. The summed E-state index contributed by atoms with van der Waals surface area (Å²) < 4.78 is 5.83. The van der Waals surface area contributed by atoms with E-state index in [2.05, 4.69) is 26.0 Å². The van der Waals surface area contributed by atoms with Crippen molar-refractivity contribution in [2.45, 2.75) is 45.6 Å². The van der Waals surface area contributed by atoms with E-state index in [0.29, 0.717) is 12.5 Å². The molecule has 88 valence electrons. The fourth-order valence-corrected chi connectivity index (χ4v) is 2.34. The highest BCUT2D eigenvalue weighted by atomic mass is 16.5. The van der Waals surface area contributed by atoms with Crippen LogP contribution in [0.1, 0.15) is 55.4 Å². The molecule has 0 fully saturated rings. The second-order valence-electron chi connectivity index (χ2n) is 4.88. The molecule has 1 N–H and O–H groups in total. The first-order valence-electron chi connectivity index (χ1n) is 6.05. The fraction of sp³-hybridized carbons (Fsp3) is 0.571. The molecule has 0 amide bonds. The van der Waals surface area contributed by atoms with Crippen molar-refractivity contribution in [3.8, 4) is 5.75 Å². The molecule has 0 spiro atoms. The van der Waals surface area contributed by atoms with E-state index in [4.69, 9.17) is 4.74 Å². The number of aliphatic hydroxyl groups excluding tert-OH is 1. The minimum absolute atomic E-state index is 0.365. The van der Waals surface area contributed by atoms with Crippen LogP contribution in [0.2, 0.25) is 0 Å². The molecule has 1 aromatic carbocycles. The summed E-state index contributed by atoms with van der Waals surface area (Å²) >= 11 is 0. The first-order chi connectivity index (χ1) is 7.61. The van der Waals surface area contributed by atoms with Crippen LogP contribution in [-0.2, 0) is 0 Å². The van der Waals surface area contributed by atoms with Crippen LogP contribution >= 0.6 is 0 Å². The lowest BCUT2D eigenvalue weighted by molar-refractivity contribution is 0.167. The molecule has 2 heteroatoms. The van der Waals surface area contributed by atoms with Crippen molar-refractivity contribution < 1.29 is 9.84 Å². The molecule has 2 rings (SSSR count). The summed E-state index contributed by atoms with van der Waals surface area (Å²) in [6, 6.07) is 4.21. The third kappa shape index (κ3) is 1.94. The van der Waals surface area contributed by atoms with Gasteiger partial charge in [0.05, 0.1) is 12.7 Å². The molecule has 0 aromatic heterocycles. The van der Waals surface area contributed by atoms with Gasteiger partial charge in [-0.15, -0.1) is 0 Å². The molecule has 0 radical (unpaired) electrons. The Balaban J connectivity index is 2.58. The van der Waals surface area contributed by atoms with E-state index >= 15 is 0 Å². The maximum Gasteiger partial charge on any atom is 0.128 e. The van der Waals surface area contributed by atoms with Gasteiger partial charge in [0, 0.05) is 5.56 Å². The molecular weight excluding hydrogens is 200 g/mol. The summed E-state index contributed by atoms with van der Waals surface area (Å²) in [5.41, 5.74) is 3.35. The predicted octanol–water partition coefficient (Wildman–Crippen LogP) is 3.32. The molecule has 2 nitrogen and oxygen atoms in total. The van der Waals surface area contributed by atoms with Gasteiger partial charge in [-0.3, -0.25) is 0 Å². The van der Waals surface area contributed by atoms with Crippen LogP contribution in [0.3, 0.4) is 0 Å². The van der Waals surface area contributed by atoms with Gasteiger partial charge < -0.3 is 9.84 Å². The normalized spacial score (nSPS) is 20.2. The van der Waals surface area contributed by atoms with Gasteiger partial charge in [0.1, 0.15) is 5.75 Å². The average molecular weight is 220 g/mol. The van der Waals surface area contributed by atoms with Gasteiger partial charge in [-0.1, -0.05) is 26.0 Å². The smallest absolute Gasteiger partial charge is 0.128 e. The highest BCUT2D eigenvalue weighted by Gasteiger charge is 2.23. The molecule has 0 aliphatic carbocycles. The van der Waals surface area contributed by atoms with Gasteiger partial charge in [0.2, 0.25) is 0 Å². The first kappa shape index (κ1) is 11.5. The fourth-order valence-electron chi connectivity index (χ4n) is 2.34. The van der Waals surface area contributed by atoms with E-state index in [-0.39, 0.29) is 6.10 Å². The SMILES string of the molecule is Cc1ccc(C(C)C)c2c1[C@H](O)CCCO2. The molecule has 1 atom stereocenters. The van der Waals surface area contributed by atoms with Crippen molar-refractivity contribution in [2.75, 3.05) is 6.61 Å². The van der Waals surface area contributed by atoms with Gasteiger partial charge in [-0.2, -0.15) is 0 Å². The molecule has 0 unspecified atom stereocenters. The zero-order valence-electron chi connectivity index (χ0n) is 10.3. The van der Waals surface area contributed by atoms with Crippen molar-refractivity contribution in [3.63, 3.8) is 0 Å². The van der Waals surface area contributed by atoms with Crippen molar-refractivity contribution in [1.29, 1.82) is 0 Å². The Bertz CT molecular complexity index is 383. The molecule has 0 bridgehead atoms. The first-order valence-corrected chi connectivity index (χ1v) is 6.05. The zero-order valence-corrected chi connectivity index (χ0v) is 10.3. The van der Waals surface area contributed by atoms with Crippen LogP contribution in [0.25, 0.3) is 0 Å². The van der Waals surface area contributed by atoms with Gasteiger partial charge in [-0.05, 0) is 36.8 Å². The topological polar surface area (TPSA) is 29.5 Å². The number of ether oxygens (including phenoxy) is 1. The highest BCUT2D eigenvalue weighted by Crippen LogP contribution is 2.39. The third-order valence-corrected chi connectivity index (χ3v) is 3.27. The Hall–Kier alpha value is -1.02. The van der Waals surface area contributed by atoms with Crippen molar-refractivity contribution >= 4 is 0 Å². The highest BCUT2D eigenvalue weighted by molar-refractivity contribution is 5.49. The van der Waals surface area contributed by atoms with Crippen molar-refractivity contribution in [2.24, 2.45) is 0 Å². The molecule has 0 saturated carbocycles. The Morgan fingerprint density at radius 1 is 1.38 bits per heavy atom. The van der Waals surface area contributed by atoms with Gasteiger partial charge in [-0.25, -0.2) is 0 Å². The Morgan fingerprint density at radius 2 is 2.12 bits per heavy atom. The number of fused-ring (bicyclic) bond motifs is 1. The quantitative estimate of drug-likeness (QED) is 0.786. The van der Waals surface area contributed by atoms with Crippen LogP contribution in [0.4, 0.5) is 0 Å². The van der Waals surface area contributed by atoms with Crippen LogP contribution in [0.15, 0.2) is 12.1 Å². The Morgan fingerprint density at radius 3 is 2.81 bits per heavy atom. The van der Waals surface area contributed by atoms with E-state index < -0.39 is 0 Å². The monoisotopic (exact) mass is 220 g/mol. The number of rotatable bonds is 1. The largest absolute Gasteiger partial charge is 0.493 e. The summed E-state index contributed by atoms with van der Waals surface area (Å²) in [5.74, 6) is 1.36. The number of hydrogen-bond acceptors (Lipinski definition) is 2. The number of aliphatic hydroxyl groups is 1. The molecule has 1 aliphatic rings. The molecule has 0 saturated heterocycles. The number of aryl methyl sites for hydroxylation is 1. The van der Waals surface area contributed by atoms with E-state index in [1.165, 1.54) is 5.56 Å². The lowest BCUT2D eigenvalue weighted by Crippen LogP contribution is -2.04. The van der Waals surface area contributed by atoms with Gasteiger partial charge in [0.25, 0.3) is 0 Å². The maximum atomic E-state index is 10.1. The van der Waals surface area contributed by atoms with E-state index in [9.17, 15) is 5.11 Å². The average Bonchev–Trinajstić information content (AvgIpc) is 2.41. The third-order valence-electron chi connectivity index (χ3n) is 3.27. The van der Waals surface area contributed by atoms with Crippen molar-refractivity contribution in [3.05, 3.63) is 28.8 Å². The van der Waals surface area contributed by atoms with Crippen LogP contribution in [0.5, 0.6) is 5.75 Å². The minimum Gasteiger partial charge on any atom is -0.493 e. The summed E-state index contributed by atoms with van der Waals surface area (Å²) in [6.07, 6.45) is 1.36. The second-order valence-corrected chi connectivity index (χ2v) is 4.88. The van der Waals surface area contributed by atoms with Gasteiger partial charge >= 0.3 is 0 Å². The van der Waals surface area contributed by atoms with E-state index in [1.807, 2.05) is 6.92 Å². The van der Waals surface area contributed by atoms with Gasteiger partial charge in [0.15, 0.2) is 0 Å². The summed E-state index contributed by atoms with van der Waals surface area (Å²) in [4.78, 5) is 0. The Kier molecular flexibility index (Phi) is 3.20. The summed E-state index contributed by atoms with van der Waals surface area (Å²) in [5, 5.41) is 10.1. The lowest BCUT2D eigenvalue weighted by atomic mass is 9.92. The zero-order chi connectivity index (χ0) is 11.7. The lowest BCUT2D eigenvalue weighted by Gasteiger charge is -2.19. The Labute approximate surface area is 97.3 Å². The number of hydrogen-bond donors (Lipinski definition) is 1. The molecular formula is C14H20O2. The summed E-state index contributed by atoms with van der Waals surface area (Å²) in [7, 11) is 0. The number of benzene rings is 1. The predicted molar refractivity (Wildman–Crippen MR) is 65.0 cm³/mol. The maximum absolute atomic E-state index is 10.1. The van der Waals surface area contributed by atoms with Crippen LogP contribution in [0, 0.1) is 6.92 Å². The van der Waals surface area contributed by atoms with E-state index in [0.717, 1.165) is 29.7 Å².